The van der Waals surface area contributed by atoms with Crippen LogP contribution in [0.25, 0.3) is 0 Å². The number of rotatable bonds is 4. The van der Waals surface area contributed by atoms with Crippen molar-refractivity contribution < 1.29 is 9.90 Å². The van der Waals surface area contributed by atoms with E-state index in [4.69, 9.17) is 28.3 Å². The number of nitrogens with one attached hydrogen (secondary N) is 1. The average molecular weight is 389 g/mol. The lowest BCUT2D eigenvalue weighted by atomic mass is 10.1. The molecule has 110 valence electrons. The van der Waals surface area contributed by atoms with E-state index in [-0.39, 0.29) is 11.6 Å². The van der Waals surface area contributed by atoms with E-state index in [2.05, 4.69) is 21.2 Å². The highest BCUT2D eigenvalue weighted by molar-refractivity contribution is 9.10. The quantitative estimate of drug-likeness (QED) is 0.713. The number of carboxylic acid groups (broad SMARTS) is 1. The lowest BCUT2D eigenvalue weighted by Crippen LogP contribution is -2.08. The lowest BCUT2D eigenvalue weighted by Gasteiger charge is -2.18. The molecule has 21 heavy (non-hydrogen) atoms. The fraction of sp³-hybridized carbons (Fsp3) is 0.133. The van der Waals surface area contributed by atoms with E-state index in [1.165, 1.54) is 0 Å². The highest BCUT2D eigenvalue weighted by Crippen LogP contribution is 2.29. The predicted molar refractivity (Wildman–Crippen MR) is 89.6 cm³/mol. The van der Waals surface area contributed by atoms with Gasteiger partial charge in [0, 0.05) is 26.2 Å². The number of benzene rings is 2. The number of carbonyl (C=O) groups is 1. The van der Waals surface area contributed by atoms with Gasteiger partial charge < -0.3 is 10.4 Å². The molecule has 0 heterocycles. The molecule has 0 bridgehead atoms. The van der Waals surface area contributed by atoms with Gasteiger partial charge in [-0.1, -0.05) is 45.2 Å². The molecular formula is C15H12BrCl2NO2. The summed E-state index contributed by atoms with van der Waals surface area (Å²) in [6.07, 6.45) is 0. The van der Waals surface area contributed by atoms with Crippen LogP contribution in [0.1, 0.15) is 28.9 Å². The molecule has 0 radical (unpaired) electrons. The molecule has 0 saturated heterocycles. The molecule has 1 atom stereocenters. The van der Waals surface area contributed by atoms with Crippen LogP contribution in [0.3, 0.4) is 0 Å². The van der Waals surface area contributed by atoms with Crippen molar-refractivity contribution in [1.82, 2.24) is 0 Å². The highest BCUT2D eigenvalue weighted by Gasteiger charge is 2.12. The first-order valence-electron chi connectivity index (χ1n) is 6.12. The lowest BCUT2D eigenvalue weighted by molar-refractivity contribution is 0.0697. The van der Waals surface area contributed by atoms with Crippen molar-refractivity contribution >= 4 is 50.8 Å². The van der Waals surface area contributed by atoms with E-state index in [9.17, 15) is 4.79 Å². The number of anilines is 1. The van der Waals surface area contributed by atoms with Crippen LogP contribution >= 0.6 is 39.1 Å². The van der Waals surface area contributed by atoms with Crippen molar-refractivity contribution in [2.75, 3.05) is 5.32 Å². The third-order valence-corrected chi connectivity index (χ3v) is 3.98. The Morgan fingerprint density at radius 1 is 1.24 bits per heavy atom. The smallest absolute Gasteiger partial charge is 0.335 e. The van der Waals surface area contributed by atoms with Crippen LogP contribution in [0.15, 0.2) is 40.9 Å². The van der Waals surface area contributed by atoms with Gasteiger partial charge in [0.2, 0.25) is 0 Å². The SMILES string of the molecule is CC(Nc1cc(Br)cc(C(=O)O)c1)c1ccc(Cl)cc1Cl. The minimum Gasteiger partial charge on any atom is -0.478 e. The third-order valence-electron chi connectivity index (χ3n) is 2.96. The molecule has 0 amide bonds. The number of aromatic carboxylic acids is 1. The van der Waals surface area contributed by atoms with Gasteiger partial charge in [0.05, 0.1) is 5.56 Å². The van der Waals surface area contributed by atoms with Gasteiger partial charge in [-0.05, 0) is 42.8 Å². The van der Waals surface area contributed by atoms with Crippen LogP contribution in [-0.4, -0.2) is 11.1 Å². The fourth-order valence-corrected chi connectivity index (χ4v) is 3.04. The van der Waals surface area contributed by atoms with Crippen molar-refractivity contribution in [2.24, 2.45) is 0 Å². The first-order valence-corrected chi connectivity index (χ1v) is 7.67. The van der Waals surface area contributed by atoms with Gasteiger partial charge in [-0.25, -0.2) is 4.79 Å². The van der Waals surface area contributed by atoms with E-state index in [1.54, 1.807) is 24.3 Å². The molecule has 6 heteroatoms. The van der Waals surface area contributed by atoms with Gasteiger partial charge in [0.15, 0.2) is 0 Å². The summed E-state index contributed by atoms with van der Waals surface area (Å²) in [5.74, 6) is -0.975. The fourth-order valence-electron chi connectivity index (χ4n) is 1.98. The molecule has 0 saturated carbocycles. The highest BCUT2D eigenvalue weighted by atomic mass is 79.9. The Balaban J connectivity index is 2.27. The number of hydrogen-bond acceptors (Lipinski definition) is 2. The topological polar surface area (TPSA) is 49.3 Å². The molecule has 0 spiro atoms. The molecule has 0 aliphatic carbocycles. The molecule has 2 rings (SSSR count). The van der Waals surface area contributed by atoms with Crippen molar-refractivity contribution in [3.8, 4) is 0 Å². The Hall–Kier alpha value is -1.23. The van der Waals surface area contributed by atoms with Crippen LogP contribution in [-0.2, 0) is 0 Å². The van der Waals surface area contributed by atoms with Crippen LogP contribution in [0.4, 0.5) is 5.69 Å². The first-order chi connectivity index (χ1) is 9.86. The van der Waals surface area contributed by atoms with E-state index in [1.807, 2.05) is 19.1 Å². The van der Waals surface area contributed by atoms with Gasteiger partial charge in [-0.2, -0.15) is 0 Å². The second kappa shape index (κ2) is 6.69. The summed E-state index contributed by atoms with van der Waals surface area (Å²) in [5.41, 5.74) is 1.79. The van der Waals surface area contributed by atoms with Crippen molar-refractivity contribution in [3.05, 3.63) is 62.0 Å². The Labute approximate surface area is 141 Å². The summed E-state index contributed by atoms with van der Waals surface area (Å²) >= 11 is 15.4. The molecule has 0 fully saturated rings. The third kappa shape index (κ3) is 4.13. The van der Waals surface area contributed by atoms with Crippen LogP contribution in [0.5, 0.6) is 0 Å². The molecule has 2 N–H and O–H groups in total. The zero-order valence-corrected chi connectivity index (χ0v) is 14.1. The number of carboxylic acids is 1. The summed E-state index contributed by atoms with van der Waals surface area (Å²) in [7, 11) is 0. The molecule has 2 aromatic rings. The minimum absolute atomic E-state index is 0.0919. The minimum atomic E-state index is -0.975. The molecule has 1 unspecified atom stereocenters. The maximum Gasteiger partial charge on any atom is 0.335 e. The van der Waals surface area contributed by atoms with Crippen molar-refractivity contribution in [3.63, 3.8) is 0 Å². The van der Waals surface area contributed by atoms with Crippen molar-refractivity contribution in [2.45, 2.75) is 13.0 Å². The zero-order valence-electron chi connectivity index (χ0n) is 11.0. The molecular weight excluding hydrogens is 377 g/mol. The van der Waals surface area contributed by atoms with Crippen LogP contribution in [0, 0.1) is 0 Å². The first kappa shape index (κ1) is 16.1. The summed E-state index contributed by atoms with van der Waals surface area (Å²) in [5, 5.41) is 13.5. The van der Waals surface area contributed by atoms with Crippen LogP contribution in [0.2, 0.25) is 10.0 Å². The Kier molecular flexibility index (Phi) is 5.14. The average Bonchev–Trinajstić information content (AvgIpc) is 2.37. The summed E-state index contributed by atoms with van der Waals surface area (Å²) in [6, 6.07) is 10.1. The molecule has 0 aromatic heterocycles. The van der Waals surface area contributed by atoms with Gasteiger partial charge in [0.25, 0.3) is 0 Å². The summed E-state index contributed by atoms with van der Waals surface area (Å²) < 4.78 is 0.694. The van der Waals surface area contributed by atoms with E-state index < -0.39 is 5.97 Å². The summed E-state index contributed by atoms with van der Waals surface area (Å²) in [6.45, 7) is 1.94. The number of hydrogen-bond donors (Lipinski definition) is 2. The van der Waals surface area contributed by atoms with Gasteiger partial charge >= 0.3 is 5.97 Å². The standard InChI is InChI=1S/C15H12BrCl2NO2/c1-8(13-3-2-11(17)7-14(13)18)19-12-5-9(15(20)21)4-10(16)6-12/h2-8,19H,1H3,(H,20,21). The maximum atomic E-state index is 11.1. The second-order valence-corrected chi connectivity index (χ2v) is 6.32. The molecule has 0 aliphatic rings. The largest absolute Gasteiger partial charge is 0.478 e. The summed E-state index contributed by atoms with van der Waals surface area (Å²) in [4.78, 5) is 11.1. The van der Waals surface area contributed by atoms with E-state index >= 15 is 0 Å². The monoisotopic (exact) mass is 387 g/mol. The maximum absolute atomic E-state index is 11.1. The second-order valence-electron chi connectivity index (χ2n) is 4.57. The van der Waals surface area contributed by atoms with E-state index in [0.29, 0.717) is 20.2 Å². The van der Waals surface area contributed by atoms with E-state index in [0.717, 1.165) is 5.56 Å². The Bertz CT molecular complexity index is 691. The molecule has 3 nitrogen and oxygen atoms in total. The Morgan fingerprint density at radius 3 is 2.57 bits per heavy atom. The normalized spacial score (nSPS) is 12.0. The van der Waals surface area contributed by atoms with Crippen molar-refractivity contribution in [1.29, 1.82) is 0 Å². The number of halogens is 3. The van der Waals surface area contributed by atoms with Gasteiger partial charge in [-0.15, -0.1) is 0 Å². The van der Waals surface area contributed by atoms with Crippen LogP contribution < -0.4 is 5.32 Å². The van der Waals surface area contributed by atoms with Gasteiger partial charge in [0.1, 0.15) is 0 Å². The molecule has 0 aliphatic heterocycles. The Morgan fingerprint density at radius 2 is 1.95 bits per heavy atom. The molecule has 2 aromatic carbocycles. The zero-order chi connectivity index (χ0) is 15.6. The predicted octanol–water partition coefficient (Wildman–Crippen LogP) is 5.63. The van der Waals surface area contributed by atoms with Gasteiger partial charge in [-0.3, -0.25) is 0 Å².